The van der Waals surface area contributed by atoms with Crippen molar-refractivity contribution in [1.29, 1.82) is 0 Å². The summed E-state index contributed by atoms with van der Waals surface area (Å²) in [4.78, 5) is 16.3. The number of benzene rings is 1. The third-order valence-corrected chi connectivity index (χ3v) is 10.1. The Labute approximate surface area is 248 Å². The average Bonchev–Trinajstić information content (AvgIpc) is 3.60. The van der Waals surface area contributed by atoms with Crippen LogP contribution >= 0.6 is 0 Å². The number of nitrogens with one attached hydrogen (secondary N) is 1. The lowest BCUT2D eigenvalue weighted by molar-refractivity contribution is -0.143. The Kier molecular flexibility index (Phi) is 8.41. The number of nitrogens with zero attached hydrogens (tertiary/aromatic N) is 4. The van der Waals surface area contributed by atoms with Crippen molar-refractivity contribution in [3.8, 4) is 0 Å². The fourth-order valence-electron chi connectivity index (χ4n) is 8.00. The minimum Gasteiger partial charge on any atom is -0.352 e. The van der Waals surface area contributed by atoms with Gasteiger partial charge in [0.1, 0.15) is 11.6 Å². The van der Waals surface area contributed by atoms with Crippen LogP contribution in [-0.4, -0.2) is 43.7 Å². The van der Waals surface area contributed by atoms with Gasteiger partial charge in [0, 0.05) is 36.6 Å². The number of piperidine rings is 1. The standard InChI is InChI=1S/C31H41F6N5O/c1-17(2)27-40-39-19(5)41(27)26-13-23-6-7-24(14-26)42(23)25-8-9-29(15-25,18(3)4)28(43)38-16-20-10-21(30(32,33)34)12-22(11-20)31(35,36)37/h10-12,17-18,23-26H,6-9,13-16H2,1-5H3,(H,38,43)/t23?,24?,25?,26?,29-/m0/s1. The highest BCUT2D eigenvalue weighted by molar-refractivity contribution is 5.83. The zero-order valence-corrected chi connectivity index (χ0v) is 25.3. The van der Waals surface area contributed by atoms with Gasteiger partial charge in [0.25, 0.3) is 0 Å². The molecule has 4 atom stereocenters. The van der Waals surface area contributed by atoms with E-state index in [0.29, 0.717) is 43.1 Å². The molecule has 1 aromatic carbocycles. The fraction of sp³-hybridized carbons (Fsp3) is 0.710. The lowest BCUT2D eigenvalue weighted by Gasteiger charge is -2.44. The van der Waals surface area contributed by atoms with Crippen molar-refractivity contribution in [3.63, 3.8) is 0 Å². The van der Waals surface area contributed by atoms with Gasteiger partial charge in [0.05, 0.1) is 16.5 Å². The molecular weight excluding hydrogens is 572 g/mol. The molecule has 3 unspecified atom stereocenters. The van der Waals surface area contributed by atoms with Gasteiger partial charge in [0.15, 0.2) is 0 Å². The molecule has 1 amide bonds. The van der Waals surface area contributed by atoms with Gasteiger partial charge in [-0.25, -0.2) is 0 Å². The van der Waals surface area contributed by atoms with Gasteiger partial charge in [-0.15, -0.1) is 10.2 Å². The zero-order valence-electron chi connectivity index (χ0n) is 25.3. The molecule has 0 radical (unpaired) electrons. The third-order valence-electron chi connectivity index (χ3n) is 10.1. The molecule has 2 aromatic rings. The molecule has 0 spiro atoms. The van der Waals surface area contributed by atoms with Crippen LogP contribution in [0.5, 0.6) is 0 Å². The number of alkyl halides is 6. The van der Waals surface area contributed by atoms with Gasteiger partial charge in [-0.1, -0.05) is 27.7 Å². The maximum atomic E-state index is 13.7. The first-order valence-electron chi connectivity index (χ1n) is 15.3. The Morgan fingerprint density at radius 3 is 2.00 bits per heavy atom. The number of rotatable bonds is 7. The number of amides is 1. The lowest BCUT2D eigenvalue weighted by atomic mass is 9.74. The van der Waals surface area contributed by atoms with E-state index in [0.717, 1.165) is 43.8 Å². The highest BCUT2D eigenvalue weighted by Crippen LogP contribution is 2.51. The second-order valence-corrected chi connectivity index (χ2v) is 13.4. The first-order valence-corrected chi connectivity index (χ1v) is 15.3. The fourth-order valence-corrected chi connectivity index (χ4v) is 8.00. The van der Waals surface area contributed by atoms with Crippen molar-refractivity contribution in [2.45, 2.75) is 129 Å². The number of halogens is 6. The van der Waals surface area contributed by atoms with Gasteiger partial charge in [-0.05, 0) is 81.5 Å². The summed E-state index contributed by atoms with van der Waals surface area (Å²) in [6.45, 7) is 9.79. The van der Waals surface area contributed by atoms with Crippen LogP contribution in [0.25, 0.3) is 0 Å². The van der Waals surface area contributed by atoms with E-state index in [1.165, 1.54) is 0 Å². The molecular formula is C31H41F6N5O. The second kappa shape index (κ2) is 11.4. The first kappa shape index (κ1) is 31.8. The molecule has 5 rings (SSSR count). The highest BCUT2D eigenvalue weighted by atomic mass is 19.4. The van der Waals surface area contributed by atoms with Gasteiger partial charge < -0.3 is 9.88 Å². The number of aryl methyl sites for hydroxylation is 1. The molecule has 1 saturated carbocycles. The topological polar surface area (TPSA) is 63.1 Å². The number of carbonyl (C=O) groups is 1. The summed E-state index contributed by atoms with van der Waals surface area (Å²) in [5.74, 6) is 1.86. The highest BCUT2D eigenvalue weighted by Gasteiger charge is 2.53. The molecule has 3 fully saturated rings. The summed E-state index contributed by atoms with van der Waals surface area (Å²) < 4.78 is 82.4. The molecule has 1 aromatic heterocycles. The molecule has 3 heterocycles. The summed E-state index contributed by atoms with van der Waals surface area (Å²) in [6.07, 6.45) is -3.64. The van der Waals surface area contributed by atoms with E-state index < -0.39 is 35.4 Å². The van der Waals surface area contributed by atoms with Crippen LogP contribution in [0.4, 0.5) is 26.3 Å². The van der Waals surface area contributed by atoms with E-state index in [4.69, 9.17) is 0 Å². The number of hydrogen-bond acceptors (Lipinski definition) is 4. The van der Waals surface area contributed by atoms with Crippen LogP contribution in [0.2, 0.25) is 0 Å². The molecule has 3 aliphatic rings. The van der Waals surface area contributed by atoms with Crippen molar-refractivity contribution in [1.82, 2.24) is 25.0 Å². The third kappa shape index (κ3) is 6.04. The quantitative estimate of drug-likeness (QED) is 0.330. The maximum Gasteiger partial charge on any atom is 0.416 e. The van der Waals surface area contributed by atoms with Crippen LogP contribution in [0, 0.1) is 18.3 Å². The van der Waals surface area contributed by atoms with Crippen molar-refractivity contribution >= 4 is 5.91 Å². The lowest BCUT2D eigenvalue weighted by Crippen LogP contribution is -2.50. The molecule has 12 heteroatoms. The Bertz CT molecular complexity index is 1290. The van der Waals surface area contributed by atoms with Crippen LogP contribution in [-0.2, 0) is 23.7 Å². The van der Waals surface area contributed by atoms with Crippen molar-refractivity contribution in [3.05, 3.63) is 46.5 Å². The smallest absolute Gasteiger partial charge is 0.352 e. The molecule has 1 aliphatic carbocycles. The number of aromatic nitrogens is 3. The molecule has 43 heavy (non-hydrogen) atoms. The predicted octanol–water partition coefficient (Wildman–Crippen LogP) is 7.43. The molecule has 1 N–H and O–H groups in total. The van der Waals surface area contributed by atoms with Crippen molar-refractivity contribution < 1.29 is 31.1 Å². The average molecular weight is 614 g/mol. The number of hydrogen-bond donors (Lipinski definition) is 1. The molecule has 238 valence electrons. The van der Waals surface area contributed by atoms with Gasteiger partial charge in [0.2, 0.25) is 5.91 Å². The molecule has 2 saturated heterocycles. The molecule has 2 aliphatic heterocycles. The maximum absolute atomic E-state index is 13.7. The van der Waals surface area contributed by atoms with Crippen molar-refractivity contribution in [2.75, 3.05) is 0 Å². The Morgan fingerprint density at radius 2 is 1.49 bits per heavy atom. The van der Waals surface area contributed by atoms with E-state index in [-0.39, 0.29) is 35.4 Å². The van der Waals surface area contributed by atoms with Crippen molar-refractivity contribution in [2.24, 2.45) is 11.3 Å². The van der Waals surface area contributed by atoms with Gasteiger partial charge in [-0.3, -0.25) is 9.69 Å². The minimum atomic E-state index is -4.94. The second-order valence-electron chi connectivity index (χ2n) is 13.4. The minimum absolute atomic E-state index is 0.0480. The zero-order chi connectivity index (χ0) is 31.5. The first-order chi connectivity index (χ1) is 20.0. The number of fused-ring (bicyclic) bond motifs is 2. The predicted molar refractivity (Wildman–Crippen MR) is 149 cm³/mol. The summed E-state index contributed by atoms with van der Waals surface area (Å²) in [7, 11) is 0. The SMILES string of the molecule is Cc1nnc(C(C)C)n1C1CC2CCC(C1)N2C1CC[C@@](C(=O)NCc2cc(C(F)(F)F)cc(C(F)(F)F)c2)(C(C)C)C1. The van der Waals surface area contributed by atoms with Crippen LogP contribution in [0.3, 0.4) is 0 Å². The largest absolute Gasteiger partial charge is 0.416 e. The Hall–Kier alpha value is -2.63. The van der Waals surface area contributed by atoms with Crippen LogP contribution < -0.4 is 5.32 Å². The van der Waals surface area contributed by atoms with E-state index in [1.54, 1.807) is 0 Å². The van der Waals surface area contributed by atoms with E-state index in [2.05, 4.69) is 38.8 Å². The molecule has 6 nitrogen and oxygen atoms in total. The van der Waals surface area contributed by atoms with Gasteiger partial charge in [-0.2, -0.15) is 26.3 Å². The van der Waals surface area contributed by atoms with Crippen LogP contribution in [0.15, 0.2) is 18.2 Å². The summed E-state index contributed by atoms with van der Waals surface area (Å²) in [5.41, 5.74) is -3.74. The molecule has 2 bridgehead atoms. The normalized spacial score (nSPS) is 28.3. The summed E-state index contributed by atoms with van der Waals surface area (Å²) in [6, 6.07) is 2.75. The number of carbonyl (C=O) groups excluding carboxylic acids is 1. The Balaban J connectivity index is 1.30. The van der Waals surface area contributed by atoms with E-state index >= 15 is 0 Å². The van der Waals surface area contributed by atoms with Gasteiger partial charge >= 0.3 is 12.4 Å². The monoisotopic (exact) mass is 613 g/mol. The Morgan fingerprint density at radius 1 is 0.907 bits per heavy atom. The van der Waals surface area contributed by atoms with E-state index in [9.17, 15) is 31.1 Å². The van der Waals surface area contributed by atoms with Crippen LogP contribution in [0.1, 0.15) is 113 Å². The summed E-state index contributed by atoms with van der Waals surface area (Å²) >= 11 is 0. The summed E-state index contributed by atoms with van der Waals surface area (Å²) in [5, 5.41) is 11.5. The van der Waals surface area contributed by atoms with E-state index in [1.807, 2.05) is 20.8 Å².